The molecule has 11 heteroatoms. The van der Waals surface area contributed by atoms with E-state index in [0.717, 1.165) is 23.4 Å². The second-order valence-electron chi connectivity index (χ2n) is 10.0. The second-order valence-corrected chi connectivity index (χ2v) is 12.3. The summed E-state index contributed by atoms with van der Waals surface area (Å²) < 4.78 is 68.5. The van der Waals surface area contributed by atoms with Gasteiger partial charge in [-0.3, -0.25) is 4.79 Å². The molecule has 220 valence electrons. The molecule has 41 heavy (non-hydrogen) atoms. The van der Waals surface area contributed by atoms with Gasteiger partial charge in [0.2, 0.25) is 0 Å². The van der Waals surface area contributed by atoms with Gasteiger partial charge in [-0.15, -0.1) is 0 Å². The normalized spacial score (nSPS) is 18.3. The molecule has 3 atom stereocenters. The summed E-state index contributed by atoms with van der Waals surface area (Å²) in [7, 11) is -1.76. The largest absolute Gasteiger partial charge is 0.416 e. The molecule has 0 spiro atoms. The number of nitrogens with zero attached hydrogens (tertiary/aromatic N) is 1. The predicted molar refractivity (Wildman–Crippen MR) is 150 cm³/mol. The zero-order valence-electron chi connectivity index (χ0n) is 22.8. The molecular weight excluding hydrogens is 557 g/mol. The van der Waals surface area contributed by atoms with Gasteiger partial charge < -0.3 is 20.1 Å². The van der Waals surface area contributed by atoms with Crippen LogP contribution in [0.3, 0.4) is 0 Å². The minimum Gasteiger partial charge on any atom is -0.394 e. The van der Waals surface area contributed by atoms with Gasteiger partial charge in [0, 0.05) is 30.8 Å². The van der Waals surface area contributed by atoms with Crippen molar-refractivity contribution in [2.75, 3.05) is 37.5 Å². The van der Waals surface area contributed by atoms with E-state index in [9.17, 15) is 31.5 Å². The lowest BCUT2D eigenvalue weighted by atomic mass is 9.95. The molecule has 0 saturated carbocycles. The highest BCUT2D eigenvalue weighted by Crippen LogP contribution is 2.37. The van der Waals surface area contributed by atoms with Crippen LogP contribution in [0.2, 0.25) is 0 Å². The monoisotopic (exact) mass is 590 g/mol. The van der Waals surface area contributed by atoms with E-state index >= 15 is 0 Å². The van der Waals surface area contributed by atoms with Crippen LogP contribution < -0.4 is 10.2 Å². The fourth-order valence-corrected chi connectivity index (χ4v) is 6.01. The first-order valence-electron chi connectivity index (χ1n) is 13.2. The SMILES string of the molecule is CCS(=O)(=O)c1ccc([C@H](CO)NC(=O)c2ccc(N3CC(c4ccc(C(F)(F)F)cc4)C[C@H]3COC)cc2)cc1. The van der Waals surface area contributed by atoms with Gasteiger partial charge >= 0.3 is 6.18 Å². The number of rotatable bonds is 10. The molecule has 3 aromatic rings. The van der Waals surface area contributed by atoms with Crippen molar-refractivity contribution >= 4 is 21.4 Å². The lowest BCUT2D eigenvalue weighted by Gasteiger charge is -2.26. The van der Waals surface area contributed by atoms with Crippen molar-refractivity contribution in [1.29, 1.82) is 0 Å². The summed E-state index contributed by atoms with van der Waals surface area (Å²) in [5.41, 5.74) is 1.95. The van der Waals surface area contributed by atoms with Gasteiger partial charge in [-0.1, -0.05) is 31.2 Å². The Morgan fingerprint density at radius 1 is 1.05 bits per heavy atom. The first kappa shape index (κ1) is 30.5. The number of methoxy groups -OCH3 is 1. The van der Waals surface area contributed by atoms with E-state index < -0.39 is 33.5 Å². The van der Waals surface area contributed by atoms with Crippen LogP contribution in [0, 0.1) is 0 Å². The van der Waals surface area contributed by atoms with Crippen molar-refractivity contribution in [1.82, 2.24) is 5.32 Å². The van der Waals surface area contributed by atoms with E-state index in [1.807, 2.05) is 12.1 Å². The predicted octanol–water partition coefficient (Wildman–Crippen LogP) is 4.97. The van der Waals surface area contributed by atoms with Crippen LogP contribution in [0.4, 0.5) is 18.9 Å². The highest BCUT2D eigenvalue weighted by atomic mass is 32.2. The first-order chi connectivity index (χ1) is 19.5. The van der Waals surface area contributed by atoms with E-state index in [1.165, 1.54) is 24.3 Å². The highest BCUT2D eigenvalue weighted by Gasteiger charge is 2.34. The smallest absolute Gasteiger partial charge is 0.394 e. The number of sulfone groups is 1. The van der Waals surface area contributed by atoms with Crippen LogP contribution in [0.15, 0.2) is 77.7 Å². The molecule has 3 aromatic carbocycles. The lowest BCUT2D eigenvalue weighted by Crippen LogP contribution is -2.33. The number of amides is 1. The van der Waals surface area contributed by atoms with Crippen molar-refractivity contribution < 1.29 is 36.2 Å². The molecule has 1 amide bonds. The van der Waals surface area contributed by atoms with Gasteiger partial charge in [-0.2, -0.15) is 13.2 Å². The van der Waals surface area contributed by atoms with Crippen molar-refractivity contribution in [3.05, 3.63) is 95.1 Å². The van der Waals surface area contributed by atoms with Crippen LogP contribution >= 0.6 is 0 Å². The zero-order chi connectivity index (χ0) is 29.8. The lowest BCUT2D eigenvalue weighted by molar-refractivity contribution is -0.137. The molecule has 4 rings (SSSR count). The molecule has 0 radical (unpaired) electrons. The fraction of sp³-hybridized carbons (Fsp3) is 0.367. The van der Waals surface area contributed by atoms with Gasteiger partial charge in [0.1, 0.15) is 0 Å². The molecule has 7 nitrogen and oxygen atoms in total. The number of nitrogens with one attached hydrogen (secondary N) is 1. The summed E-state index contributed by atoms with van der Waals surface area (Å²) in [5.74, 6) is -0.412. The average Bonchev–Trinajstić information content (AvgIpc) is 3.39. The Bertz CT molecular complexity index is 1430. The molecule has 0 aliphatic carbocycles. The maximum Gasteiger partial charge on any atom is 0.416 e. The summed E-state index contributed by atoms with van der Waals surface area (Å²) in [6, 6.07) is 17.6. The van der Waals surface area contributed by atoms with Gasteiger partial charge in [0.25, 0.3) is 5.91 Å². The van der Waals surface area contributed by atoms with Crippen LogP contribution in [-0.4, -0.2) is 58.1 Å². The number of aliphatic hydroxyl groups excluding tert-OH is 1. The number of ether oxygens (including phenoxy) is 1. The van der Waals surface area contributed by atoms with Crippen LogP contribution in [0.1, 0.15) is 52.4 Å². The Morgan fingerprint density at radius 2 is 1.68 bits per heavy atom. The van der Waals surface area contributed by atoms with Crippen molar-refractivity contribution in [3.63, 3.8) is 0 Å². The van der Waals surface area contributed by atoms with Gasteiger partial charge in [0.05, 0.1) is 41.5 Å². The van der Waals surface area contributed by atoms with Crippen LogP contribution in [0.25, 0.3) is 0 Å². The van der Waals surface area contributed by atoms with Crippen molar-refractivity contribution in [3.8, 4) is 0 Å². The van der Waals surface area contributed by atoms with E-state index in [1.54, 1.807) is 38.3 Å². The topological polar surface area (TPSA) is 95.9 Å². The Balaban J connectivity index is 1.45. The zero-order valence-corrected chi connectivity index (χ0v) is 23.6. The van der Waals surface area contributed by atoms with Crippen molar-refractivity contribution in [2.24, 2.45) is 0 Å². The third kappa shape index (κ3) is 7.09. The van der Waals surface area contributed by atoms with E-state index in [2.05, 4.69) is 10.2 Å². The standard InChI is InChI=1S/C30H33F3N2O5S/c1-3-41(38,39)27-14-8-21(9-15-27)28(18-36)34-29(37)22-6-12-25(13-7-22)35-17-23(16-26(35)19-40-2)20-4-10-24(11-5-20)30(31,32)33/h4-15,23,26,28,36H,3,16-19H2,1-2H3,(H,34,37)/t23?,26-,28-/m0/s1. The Kier molecular flexibility index (Phi) is 9.41. The molecule has 2 N–H and O–H groups in total. The summed E-state index contributed by atoms with van der Waals surface area (Å²) in [6.45, 7) is 2.21. The van der Waals surface area contributed by atoms with E-state index in [0.29, 0.717) is 30.7 Å². The number of benzene rings is 3. The number of alkyl halides is 3. The third-order valence-corrected chi connectivity index (χ3v) is 9.20. The number of halogens is 3. The van der Waals surface area contributed by atoms with Crippen LogP contribution in [0.5, 0.6) is 0 Å². The molecule has 0 bridgehead atoms. The number of anilines is 1. The summed E-state index contributed by atoms with van der Waals surface area (Å²) in [4.78, 5) is 15.3. The quantitative estimate of drug-likeness (QED) is 0.346. The maximum absolute atomic E-state index is 13.0. The summed E-state index contributed by atoms with van der Waals surface area (Å²) in [5, 5.41) is 12.7. The number of carbonyl (C=O) groups is 1. The molecule has 1 fully saturated rings. The maximum atomic E-state index is 13.0. The van der Waals surface area contributed by atoms with Gasteiger partial charge in [0.15, 0.2) is 9.84 Å². The second kappa shape index (κ2) is 12.6. The molecular formula is C30H33F3N2O5S. The first-order valence-corrected chi connectivity index (χ1v) is 14.9. The minimum absolute atomic E-state index is 0.00485. The average molecular weight is 591 g/mol. The number of aliphatic hydroxyl groups is 1. The molecule has 1 heterocycles. The summed E-state index contributed by atoms with van der Waals surface area (Å²) in [6.07, 6.45) is -3.68. The van der Waals surface area contributed by atoms with Crippen molar-refractivity contribution in [2.45, 2.75) is 42.4 Å². The number of carbonyl (C=O) groups excluding carboxylic acids is 1. The van der Waals surface area contributed by atoms with Gasteiger partial charge in [-0.25, -0.2) is 8.42 Å². The molecule has 1 aliphatic heterocycles. The Labute approximate surface area is 237 Å². The highest BCUT2D eigenvalue weighted by molar-refractivity contribution is 7.91. The van der Waals surface area contributed by atoms with Crippen LogP contribution in [-0.2, 0) is 20.8 Å². The van der Waals surface area contributed by atoms with E-state index in [-0.39, 0.29) is 29.2 Å². The van der Waals surface area contributed by atoms with Gasteiger partial charge in [-0.05, 0) is 66.1 Å². The van der Waals surface area contributed by atoms with E-state index in [4.69, 9.17) is 4.74 Å². The Hall–Kier alpha value is -3.41. The minimum atomic E-state index is -4.38. The molecule has 1 aliphatic rings. The number of hydrogen-bond acceptors (Lipinski definition) is 6. The summed E-state index contributed by atoms with van der Waals surface area (Å²) >= 11 is 0. The third-order valence-electron chi connectivity index (χ3n) is 7.45. The Morgan fingerprint density at radius 3 is 2.22 bits per heavy atom. The number of hydrogen-bond donors (Lipinski definition) is 2. The molecule has 0 aromatic heterocycles. The fourth-order valence-electron chi connectivity index (χ4n) is 5.12. The molecule has 1 unspecified atom stereocenters. The molecule has 1 saturated heterocycles.